The van der Waals surface area contributed by atoms with Crippen molar-refractivity contribution < 1.29 is 29.3 Å². The Bertz CT molecular complexity index is 732. The standard InChI is InChI=1S/C20H23NO6/c1-2-26-19(24)16-10-8-15(9-11-16)18(23)17(22)12-21-20(25)27-13-14-6-4-3-5-7-14/h3-11,17-18,22-23H,2,12-13H2,1H3,(H,21,25). The molecule has 0 aliphatic heterocycles. The van der Waals surface area contributed by atoms with Gasteiger partial charge in [0, 0.05) is 6.54 Å². The van der Waals surface area contributed by atoms with E-state index in [9.17, 15) is 19.8 Å². The van der Waals surface area contributed by atoms with Crippen LogP contribution in [0.5, 0.6) is 0 Å². The summed E-state index contributed by atoms with van der Waals surface area (Å²) in [6, 6.07) is 15.2. The van der Waals surface area contributed by atoms with Crippen LogP contribution >= 0.6 is 0 Å². The highest BCUT2D eigenvalue weighted by atomic mass is 16.5. The van der Waals surface area contributed by atoms with Crippen molar-refractivity contribution >= 4 is 12.1 Å². The zero-order valence-electron chi connectivity index (χ0n) is 15.0. The summed E-state index contributed by atoms with van der Waals surface area (Å²) in [4.78, 5) is 23.3. The van der Waals surface area contributed by atoms with E-state index in [1.54, 1.807) is 6.92 Å². The molecular formula is C20H23NO6. The maximum absolute atomic E-state index is 11.7. The van der Waals surface area contributed by atoms with Crippen molar-refractivity contribution in [1.29, 1.82) is 0 Å². The van der Waals surface area contributed by atoms with E-state index < -0.39 is 24.3 Å². The van der Waals surface area contributed by atoms with Crippen LogP contribution in [-0.4, -0.2) is 41.5 Å². The molecule has 0 aromatic heterocycles. The lowest BCUT2D eigenvalue weighted by molar-refractivity contribution is 0.0183. The second kappa shape index (κ2) is 10.3. The fourth-order valence-corrected chi connectivity index (χ4v) is 2.33. The molecule has 2 aromatic rings. The minimum Gasteiger partial charge on any atom is -0.462 e. The third-order valence-electron chi connectivity index (χ3n) is 3.80. The largest absolute Gasteiger partial charge is 0.462 e. The lowest BCUT2D eigenvalue weighted by Gasteiger charge is -2.19. The van der Waals surface area contributed by atoms with Crippen molar-refractivity contribution in [2.75, 3.05) is 13.2 Å². The number of ether oxygens (including phenoxy) is 2. The van der Waals surface area contributed by atoms with Gasteiger partial charge < -0.3 is 25.0 Å². The molecule has 0 spiro atoms. The van der Waals surface area contributed by atoms with Gasteiger partial charge in [0.15, 0.2) is 0 Å². The van der Waals surface area contributed by atoms with Crippen LogP contribution in [0.25, 0.3) is 0 Å². The van der Waals surface area contributed by atoms with E-state index in [0.717, 1.165) is 5.56 Å². The molecule has 144 valence electrons. The van der Waals surface area contributed by atoms with Crippen molar-refractivity contribution in [3.8, 4) is 0 Å². The molecule has 0 bridgehead atoms. The number of aliphatic hydroxyl groups excluding tert-OH is 2. The van der Waals surface area contributed by atoms with Crippen LogP contribution < -0.4 is 5.32 Å². The van der Waals surface area contributed by atoms with E-state index in [1.165, 1.54) is 24.3 Å². The molecule has 0 aliphatic rings. The average Bonchev–Trinajstić information content (AvgIpc) is 2.71. The number of rotatable bonds is 8. The molecule has 0 radical (unpaired) electrons. The smallest absolute Gasteiger partial charge is 0.407 e. The Kier molecular flexibility index (Phi) is 7.79. The number of amides is 1. The van der Waals surface area contributed by atoms with Crippen molar-refractivity contribution in [2.24, 2.45) is 0 Å². The van der Waals surface area contributed by atoms with Gasteiger partial charge in [-0.05, 0) is 30.2 Å². The Hall–Kier alpha value is -2.90. The average molecular weight is 373 g/mol. The number of carbonyl (C=O) groups excluding carboxylic acids is 2. The van der Waals surface area contributed by atoms with Crippen LogP contribution in [-0.2, 0) is 16.1 Å². The number of hydrogen-bond acceptors (Lipinski definition) is 6. The Labute approximate surface area is 157 Å². The maximum atomic E-state index is 11.7. The van der Waals surface area contributed by atoms with Gasteiger partial charge in [-0.25, -0.2) is 9.59 Å². The number of hydrogen-bond donors (Lipinski definition) is 3. The number of aliphatic hydroxyl groups is 2. The van der Waals surface area contributed by atoms with Gasteiger partial charge in [0.05, 0.1) is 12.2 Å². The fourth-order valence-electron chi connectivity index (χ4n) is 2.33. The van der Waals surface area contributed by atoms with E-state index >= 15 is 0 Å². The zero-order chi connectivity index (χ0) is 19.6. The molecule has 0 saturated carbocycles. The van der Waals surface area contributed by atoms with Crippen molar-refractivity contribution in [3.63, 3.8) is 0 Å². The summed E-state index contributed by atoms with van der Waals surface area (Å²) in [6.07, 6.45) is -3.15. The normalized spacial score (nSPS) is 12.7. The second-order valence-corrected chi connectivity index (χ2v) is 5.80. The molecule has 3 N–H and O–H groups in total. The van der Waals surface area contributed by atoms with E-state index in [0.29, 0.717) is 11.1 Å². The highest BCUT2D eigenvalue weighted by molar-refractivity contribution is 5.89. The predicted molar refractivity (Wildman–Crippen MR) is 98.0 cm³/mol. The Morgan fingerprint density at radius 3 is 2.30 bits per heavy atom. The molecule has 2 rings (SSSR count). The topological polar surface area (TPSA) is 105 Å². The third kappa shape index (κ3) is 6.40. The molecule has 2 aromatic carbocycles. The van der Waals surface area contributed by atoms with Crippen molar-refractivity contribution in [1.82, 2.24) is 5.32 Å². The molecule has 2 unspecified atom stereocenters. The molecule has 0 aliphatic carbocycles. The molecule has 0 fully saturated rings. The van der Waals surface area contributed by atoms with Crippen molar-refractivity contribution in [3.05, 3.63) is 71.3 Å². The molecule has 7 nitrogen and oxygen atoms in total. The van der Waals surface area contributed by atoms with Crippen LogP contribution in [0.15, 0.2) is 54.6 Å². The highest BCUT2D eigenvalue weighted by Gasteiger charge is 2.20. The maximum Gasteiger partial charge on any atom is 0.407 e. The monoisotopic (exact) mass is 373 g/mol. The number of esters is 1. The second-order valence-electron chi connectivity index (χ2n) is 5.80. The van der Waals surface area contributed by atoms with Gasteiger partial charge in [-0.2, -0.15) is 0 Å². The van der Waals surface area contributed by atoms with Gasteiger partial charge in [0.25, 0.3) is 0 Å². The van der Waals surface area contributed by atoms with Gasteiger partial charge in [0.2, 0.25) is 0 Å². The Balaban J connectivity index is 1.79. The first-order valence-corrected chi connectivity index (χ1v) is 8.59. The van der Waals surface area contributed by atoms with E-state index in [-0.39, 0.29) is 19.8 Å². The molecule has 0 saturated heterocycles. The third-order valence-corrected chi connectivity index (χ3v) is 3.80. The van der Waals surface area contributed by atoms with Gasteiger partial charge in [0.1, 0.15) is 18.8 Å². The van der Waals surface area contributed by atoms with Crippen LogP contribution in [0.4, 0.5) is 4.79 Å². The molecule has 2 atom stereocenters. The summed E-state index contributed by atoms with van der Waals surface area (Å²) in [7, 11) is 0. The molecule has 27 heavy (non-hydrogen) atoms. The summed E-state index contributed by atoms with van der Waals surface area (Å²) in [5.74, 6) is -0.457. The SMILES string of the molecule is CCOC(=O)c1ccc(C(O)C(O)CNC(=O)OCc2ccccc2)cc1. The first-order valence-electron chi connectivity index (χ1n) is 8.59. The fraction of sp³-hybridized carbons (Fsp3) is 0.300. The number of carbonyl (C=O) groups is 2. The predicted octanol–water partition coefficient (Wildman–Crippen LogP) is 2.18. The van der Waals surface area contributed by atoms with Gasteiger partial charge >= 0.3 is 12.1 Å². The van der Waals surface area contributed by atoms with E-state index in [4.69, 9.17) is 9.47 Å². The lowest BCUT2D eigenvalue weighted by Crippen LogP contribution is -2.35. The van der Waals surface area contributed by atoms with Gasteiger partial charge in [-0.1, -0.05) is 42.5 Å². The first-order chi connectivity index (χ1) is 13.0. The number of benzene rings is 2. The molecule has 1 amide bonds. The summed E-state index contributed by atoms with van der Waals surface area (Å²) < 4.78 is 9.92. The minimum atomic E-state index is -1.23. The Morgan fingerprint density at radius 2 is 1.67 bits per heavy atom. The summed E-state index contributed by atoms with van der Waals surface area (Å²) >= 11 is 0. The van der Waals surface area contributed by atoms with Crippen LogP contribution in [0.1, 0.15) is 34.5 Å². The lowest BCUT2D eigenvalue weighted by atomic mass is 10.0. The number of alkyl carbamates (subject to hydrolysis) is 1. The molecular weight excluding hydrogens is 350 g/mol. The van der Waals surface area contributed by atoms with E-state index in [1.807, 2.05) is 30.3 Å². The minimum absolute atomic E-state index is 0.112. The quantitative estimate of drug-likeness (QED) is 0.613. The zero-order valence-corrected chi connectivity index (χ0v) is 15.0. The number of nitrogens with one attached hydrogen (secondary N) is 1. The molecule has 0 heterocycles. The van der Waals surface area contributed by atoms with Crippen LogP contribution in [0.2, 0.25) is 0 Å². The summed E-state index contributed by atoms with van der Waals surface area (Å²) in [5, 5.41) is 22.6. The van der Waals surface area contributed by atoms with Crippen LogP contribution in [0.3, 0.4) is 0 Å². The van der Waals surface area contributed by atoms with Crippen LogP contribution in [0, 0.1) is 0 Å². The van der Waals surface area contributed by atoms with E-state index in [2.05, 4.69) is 5.32 Å². The van der Waals surface area contributed by atoms with Crippen molar-refractivity contribution in [2.45, 2.75) is 25.7 Å². The highest BCUT2D eigenvalue weighted by Crippen LogP contribution is 2.18. The summed E-state index contributed by atoms with van der Waals surface area (Å²) in [6.45, 7) is 1.91. The first kappa shape index (κ1) is 20.4. The summed E-state index contributed by atoms with van der Waals surface area (Å²) in [5.41, 5.74) is 1.61. The van der Waals surface area contributed by atoms with Gasteiger partial charge in [-0.15, -0.1) is 0 Å². The van der Waals surface area contributed by atoms with Gasteiger partial charge in [-0.3, -0.25) is 0 Å². The Morgan fingerprint density at radius 1 is 1.00 bits per heavy atom. The molecule has 7 heteroatoms.